The summed E-state index contributed by atoms with van der Waals surface area (Å²) in [5.74, 6) is 0.338. The molecule has 0 radical (unpaired) electrons. The summed E-state index contributed by atoms with van der Waals surface area (Å²) in [5.41, 5.74) is 5.45. The van der Waals surface area contributed by atoms with Gasteiger partial charge in [-0.2, -0.15) is 0 Å². The van der Waals surface area contributed by atoms with E-state index in [1.807, 2.05) is 11.8 Å². The highest BCUT2D eigenvalue weighted by atomic mass is 16.3. The molecule has 5 heteroatoms. The van der Waals surface area contributed by atoms with Gasteiger partial charge in [-0.1, -0.05) is 6.92 Å². The predicted molar refractivity (Wildman–Crippen MR) is 67.6 cm³/mol. The van der Waals surface area contributed by atoms with Gasteiger partial charge in [-0.25, -0.2) is 0 Å². The second kappa shape index (κ2) is 7.63. The first kappa shape index (κ1) is 14.4. The lowest BCUT2D eigenvalue weighted by molar-refractivity contribution is -0.137. The van der Waals surface area contributed by atoms with Gasteiger partial charge in [0.1, 0.15) is 0 Å². The number of piperazine rings is 1. The molecule has 1 amide bonds. The molecule has 0 aliphatic carbocycles. The van der Waals surface area contributed by atoms with Gasteiger partial charge < -0.3 is 15.7 Å². The number of amides is 1. The van der Waals surface area contributed by atoms with E-state index < -0.39 is 0 Å². The molecule has 5 nitrogen and oxygen atoms in total. The van der Waals surface area contributed by atoms with E-state index in [2.05, 4.69) is 4.90 Å². The monoisotopic (exact) mass is 243 g/mol. The SMILES string of the molecule is CC(CCCN)C(=O)N1CCN(CCO)CC1. The van der Waals surface area contributed by atoms with Crippen molar-refractivity contribution < 1.29 is 9.90 Å². The third kappa shape index (κ3) is 4.61. The Balaban J connectivity index is 2.30. The van der Waals surface area contributed by atoms with Crippen LogP contribution in [0.25, 0.3) is 0 Å². The van der Waals surface area contributed by atoms with Crippen LogP contribution in [0.1, 0.15) is 19.8 Å². The van der Waals surface area contributed by atoms with Gasteiger partial charge in [0.05, 0.1) is 6.61 Å². The van der Waals surface area contributed by atoms with Crippen LogP contribution in [0.15, 0.2) is 0 Å². The average molecular weight is 243 g/mol. The molecule has 0 saturated carbocycles. The zero-order valence-electron chi connectivity index (χ0n) is 10.8. The molecule has 1 rings (SSSR count). The quantitative estimate of drug-likeness (QED) is 0.660. The molecule has 3 N–H and O–H groups in total. The summed E-state index contributed by atoms with van der Waals surface area (Å²) in [6, 6.07) is 0. The van der Waals surface area contributed by atoms with Crippen molar-refractivity contribution in [3.63, 3.8) is 0 Å². The molecule has 0 aromatic rings. The lowest BCUT2D eigenvalue weighted by atomic mass is 10.0. The fourth-order valence-corrected chi connectivity index (χ4v) is 2.19. The minimum absolute atomic E-state index is 0.0861. The maximum atomic E-state index is 12.1. The van der Waals surface area contributed by atoms with E-state index in [1.165, 1.54) is 0 Å². The summed E-state index contributed by atoms with van der Waals surface area (Å²) < 4.78 is 0. The number of β-amino-alcohol motifs (C(OH)–C–C–N with tert-alkyl or cyclic N) is 1. The maximum Gasteiger partial charge on any atom is 0.225 e. The normalized spacial score (nSPS) is 19.4. The average Bonchev–Trinajstić information content (AvgIpc) is 2.36. The van der Waals surface area contributed by atoms with Crippen molar-refractivity contribution in [2.75, 3.05) is 45.9 Å². The largest absolute Gasteiger partial charge is 0.395 e. The molecule has 0 bridgehead atoms. The van der Waals surface area contributed by atoms with Crippen LogP contribution in [-0.4, -0.2) is 66.7 Å². The third-order valence-corrected chi connectivity index (χ3v) is 3.36. The summed E-state index contributed by atoms with van der Waals surface area (Å²) in [5, 5.41) is 8.84. The fraction of sp³-hybridized carbons (Fsp3) is 0.917. The first-order valence-electron chi connectivity index (χ1n) is 6.51. The molecule has 1 fully saturated rings. The van der Waals surface area contributed by atoms with Crippen LogP contribution in [0.4, 0.5) is 0 Å². The van der Waals surface area contributed by atoms with Crippen molar-refractivity contribution in [2.45, 2.75) is 19.8 Å². The van der Waals surface area contributed by atoms with Crippen LogP contribution in [0.2, 0.25) is 0 Å². The van der Waals surface area contributed by atoms with Gasteiger partial charge in [-0.05, 0) is 19.4 Å². The first-order chi connectivity index (χ1) is 8.19. The van der Waals surface area contributed by atoms with Crippen LogP contribution in [0.3, 0.4) is 0 Å². The Labute approximate surface area is 104 Å². The molecule has 1 atom stereocenters. The van der Waals surface area contributed by atoms with Gasteiger partial charge in [-0.15, -0.1) is 0 Å². The highest BCUT2D eigenvalue weighted by molar-refractivity contribution is 5.78. The number of carbonyl (C=O) groups excluding carboxylic acids is 1. The molecule has 17 heavy (non-hydrogen) atoms. The molecule has 100 valence electrons. The van der Waals surface area contributed by atoms with E-state index in [0.717, 1.165) is 39.0 Å². The minimum Gasteiger partial charge on any atom is -0.395 e. The van der Waals surface area contributed by atoms with Gasteiger partial charge >= 0.3 is 0 Å². The molecular weight excluding hydrogens is 218 g/mol. The van der Waals surface area contributed by atoms with E-state index in [4.69, 9.17) is 10.8 Å². The molecule has 1 aliphatic rings. The summed E-state index contributed by atoms with van der Waals surface area (Å²) in [7, 11) is 0. The number of aliphatic hydroxyl groups is 1. The van der Waals surface area contributed by atoms with Crippen molar-refractivity contribution in [1.29, 1.82) is 0 Å². The Kier molecular flexibility index (Phi) is 6.47. The second-order valence-corrected chi connectivity index (χ2v) is 4.72. The third-order valence-electron chi connectivity index (χ3n) is 3.36. The van der Waals surface area contributed by atoms with Crippen LogP contribution >= 0.6 is 0 Å². The van der Waals surface area contributed by atoms with E-state index >= 15 is 0 Å². The Morgan fingerprint density at radius 2 is 2.00 bits per heavy atom. The van der Waals surface area contributed by atoms with Crippen LogP contribution in [-0.2, 0) is 4.79 Å². The van der Waals surface area contributed by atoms with Crippen molar-refractivity contribution in [3.8, 4) is 0 Å². The lowest BCUT2D eigenvalue weighted by Crippen LogP contribution is -2.50. The minimum atomic E-state index is 0.0861. The number of hydrogen-bond donors (Lipinski definition) is 2. The number of hydrogen-bond acceptors (Lipinski definition) is 4. The van der Waals surface area contributed by atoms with Gasteiger partial charge in [0.15, 0.2) is 0 Å². The van der Waals surface area contributed by atoms with Crippen LogP contribution in [0.5, 0.6) is 0 Å². The van der Waals surface area contributed by atoms with E-state index in [9.17, 15) is 4.79 Å². The molecular formula is C12H25N3O2. The Morgan fingerprint density at radius 3 is 2.53 bits per heavy atom. The Morgan fingerprint density at radius 1 is 1.35 bits per heavy atom. The first-order valence-corrected chi connectivity index (χ1v) is 6.51. The number of carbonyl (C=O) groups is 1. The molecule has 0 spiro atoms. The zero-order chi connectivity index (χ0) is 12.7. The second-order valence-electron chi connectivity index (χ2n) is 4.72. The van der Waals surface area contributed by atoms with E-state index in [0.29, 0.717) is 13.1 Å². The topological polar surface area (TPSA) is 69.8 Å². The van der Waals surface area contributed by atoms with Crippen molar-refractivity contribution in [1.82, 2.24) is 9.80 Å². The standard InChI is InChI=1S/C12H25N3O2/c1-11(3-2-4-13)12(17)15-7-5-14(6-8-15)9-10-16/h11,16H,2-10,13H2,1H3. The highest BCUT2D eigenvalue weighted by Gasteiger charge is 2.24. The van der Waals surface area contributed by atoms with Crippen LogP contribution < -0.4 is 5.73 Å². The number of nitrogens with two attached hydrogens (primary N) is 1. The van der Waals surface area contributed by atoms with Gasteiger partial charge in [0.25, 0.3) is 0 Å². The molecule has 1 unspecified atom stereocenters. The van der Waals surface area contributed by atoms with E-state index in [-0.39, 0.29) is 18.4 Å². The molecule has 1 heterocycles. The van der Waals surface area contributed by atoms with Gasteiger partial charge in [-0.3, -0.25) is 9.69 Å². The zero-order valence-corrected chi connectivity index (χ0v) is 10.8. The van der Waals surface area contributed by atoms with Crippen LogP contribution in [0, 0.1) is 5.92 Å². The molecule has 0 aromatic heterocycles. The van der Waals surface area contributed by atoms with Gasteiger partial charge in [0, 0.05) is 38.6 Å². The Hall–Kier alpha value is -0.650. The lowest BCUT2D eigenvalue weighted by Gasteiger charge is -2.35. The number of rotatable bonds is 6. The molecule has 1 saturated heterocycles. The highest BCUT2D eigenvalue weighted by Crippen LogP contribution is 2.11. The molecule has 1 aliphatic heterocycles. The summed E-state index contributed by atoms with van der Waals surface area (Å²) in [6.45, 7) is 6.86. The number of aliphatic hydroxyl groups excluding tert-OH is 1. The molecule has 0 aromatic carbocycles. The van der Waals surface area contributed by atoms with E-state index in [1.54, 1.807) is 0 Å². The van der Waals surface area contributed by atoms with Crippen molar-refractivity contribution in [3.05, 3.63) is 0 Å². The maximum absolute atomic E-state index is 12.1. The fourth-order valence-electron chi connectivity index (χ4n) is 2.19. The van der Waals surface area contributed by atoms with Crippen molar-refractivity contribution >= 4 is 5.91 Å². The Bertz CT molecular complexity index is 228. The summed E-state index contributed by atoms with van der Waals surface area (Å²) in [6.07, 6.45) is 1.80. The summed E-state index contributed by atoms with van der Waals surface area (Å²) >= 11 is 0. The summed E-state index contributed by atoms with van der Waals surface area (Å²) in [4.78, 5) is 16.2. The van der Waals surface area contributed by atoms with Gasteiger partial charge in [0.2, 0.25) is 5.91 Å². The predicted octanol–water partition coefficient (Wildman–Crippen LogP) is -0.502. The van der Waals surface area contributed by atoms with Crippen molar-refractivity contribution in [2.24, 2.45) is 11.7 Å². The smallest absolute Gasteiger partial charge is 0.225 e. The number of nitrogens with zero attached hydrogens (tertiary/aromatic N) is 2.